The van der Waals surface area contributed by atoms with Crippen molar-refractivity contribution in [2.75, 3.05) is 26.8 Å². The molecule has 9 rings (SSSR count). The molecule has 0 saturated carbocycles. The van der Waals surface area contributed by atoms with Crippen molar-refractivity contribution in [1.82, 2.24) is 0 Å². The van der Waals surface area contributed by atoms with Crippen LogP contribution >= 0.6 is 0 Å². The van der Waals surface area contributed by atoms with Crippen LogP contribution in [0.4, 0.5) is 5.69 Å². The van der Waals surface area contributed by atoms with Gasteiger partial charge in [0, 0.05) is 44.5 Å². The molecule has 9 aromatic carbocycles. The molecule has 8 heteroatoms. The lowest BCUT2D eigenvalue weighted by atomic mass is 10.0. The Bertz CT molecular complexity index is 3180. The third-order valence-corrected chi connectivity index (χ3v) is 11.4. The molecule has 0 aliphatic rings. The van der Waals surface area contributed by atoms with Gasteiger partial charge in [0.15, 0.2) is 20.2 Å². The van der Waals surface area contributed by atoms with E-state index < -0.39 is 0 Å². The number of ether oxygens (including phenoxy) is 4. The molecule has 8 nitrogen and oxygen atoms in total. The SMILES string of the molecule is CCOc1ccc(/C(=N\COc2ccc(/C(=N\COc3ccc(/C(=N\COc4ccc(C(=Nc5ccccc5)c5ccccc5)cc4)c4ccccc4)cc3)c3ccccc3)cc2)c2ccccc2)cc1. The highest BCUT2D eigenvalue weighted by Crippen LogP contribution is 2.23. The number of para-hydroxylation sites is 1. The first kappa shape index (κ1) is 46.9. The van der Waals surface area contributed by atoms with Crippen LogP contribution in [0.5, 0.6) is 23.0 Å². The van der Waals surface area contributed by atoms with Crippen LogP contribution < -0.4 is 18.9 Å². The van der Waals surface area contributed by atoms with E-state index in [4.69, 9.17) is 38.9 Å². The molecule has 9 aromatic rings. The monoisotopic (exact) mass is 928 g/mol. The number of benzene rings is 9. The molecule has 0 spiro atoms. The smallest absolute Gasteiger partial charge is 0.179 e. The second kappa shape index (κ2) is 24.2. The van der Waals surface area contributed by atoms with Gasteiger partial charge in [0.25, 0.3) is 0 Å². The van der Waals surface area contributed by atoms with E-state index in [1.54, 1.807) is 0 Å². The maximum Gasteiger partial charge on any atom is 0.179 e. The Morgan fingerprint density at radius 1 is 0.268 bits per heavy atom. The number of rotatable bonds is 20. The van der Waals surface area contributed by atoms with Crippen LogP contribution in [0.15, 0.2) is 269 Å². The number of nitrogens with zero attached hydrogens (tertiary/aromatic N) is 4. The van der Waals surface area contributed by atoms with E-state index in [1.165, 1.54) is 0 Å². The van der Waals surface area contributed by atoms with E-state index in [-0.39, 0.29) is 20.2 Å². The second-order valence-corrected chi connectivity index (χ2v) is 16.1. The van der Waals surface area contributed by atoms with Crippen molar-refractivity contribution in [3.05, 3.63) is 293 Å². The fraction of sp³-hybridized carbons (Fsp3) is 0.0794. The molecule has 0 atom stereocenters. The van der Waals surface area contributed by atoms with Crippen molar-refractivity contribution in [2.24, 2.45) is 20.0 Å². The highest BCUT2D eigenvalue weighted by molar-refractivity contribution is 6.15. The van der Waals surface area contributed by atoms with Crippen LogP contribution in [0.2, 0.25) is 0 Å². The fourth-order valence-electron chi connectivity index (χ4n) is 7.88. The van der Waals surface area contributed by atoms with Gasteiger partial charge in [-0.25, -0.2) is 20.0 Å². The molecule has 0 aliphatic carbocycles. The highest BCUT2D eigenvalue weighted by atomic mass is 16.5. The Kier molecular flexibility index (Phi) is 16.0. The zero-order valence-electron chi connectivity index (χ0n) is 39.4. The third kappa shape index (κ3) is 12.9. The summed E-state index contributed by atoms with van der Waals surface area (Å²) in [5, 5.41) is 0. The largest absolute Gasteiger partial charge is 0.494 e. The minimum absolute atomic E-state index is 0.113. The molecule has 0 N–H and O–H groups in total. The molecule has 0 fully saturated rings. The minimum Gasteiger partial charge on any atom is -0.494 e. The van der Waals surface area contributed by atoms with Gasteiger partial charge in [0.2, 0.25) is 0 Å². The van der Waals surface area contributed by atoms with Crippen LogP contribution in [0.3, 0.4) is 0 Å². The average molecular weight is 929 g/mol. The summed E-state index contributed by atoms with van der Waals surface area (Å²) in [7, 11) is 0. The van der Waals surface area contributed by atoms with E-state index in [0.717, 1.165) is 78.8 Å². The maximum atomic E-state index is 6.23. The van der Waals surface area contributed by atoms with Gasteiger partial charge in [-0.05, 0) is 116 Å². The molecule has 0 amide bonds. The van der Waals surface area contributed by atoms with Crippen LogP contribution in [-0.2, 0) is 0 Å². The predicted octanol–water partition coefficient (Wildman–Crippen LogP) is 13.9. The van der Waals surface area contributed by atoms with E-state index in [1.807, 2.05) is 231 Å². The van der Waals surface area contributed by atoms with Gasteiger partial charge in [0.05, 0.1) is 35.1 Å². The van der Waals surface area contributed by atoms with E-state index in [2.05, 4.69) is 24.3 Å². The fourth-order valence-corrected chi connectivity index (χ4v) is 7.88. The Labute approximate surface area is 415 Å². The Morgan fingerprint density at radius 2 is 0.507 bits per heavy atom. The molecule has 0 unspecified atom stereocenters. The van der Waals surface area contributed by atoms with E-state index >= 15 is 0 Å². The van der Waals surface area contributed by atoms with Gasteiger partial charge in [-0.3, -0.25) is 0 Å². The molecule has 71 heavy (non-hydrogen) atoms. The van der Waals surface area contributed by atoms with Crippen LogP contribution in [-0.4, -0.2) is 49.6 Å². The molecular formula is C63H52N4O4. The summed E-state index contributed by atoms with van der Waals surface area (Å²) in [5.41, 5.74) is 12.1. The molecule has 0 saturated heterocycles. The summed E-state index contributed by atoms with van der Waals surface area (Å²) in [4.78, 5) is 19.8. The molecule has 0 radical (unpaired) electrons. The van der Waals surface area contributed by atoms with Gasteiger partial charge in [0.1, 0.15) is 23.0 Å². The van der Waals surface area contributed by atoms with Gasteiger partial charge in [-0.1, -0.05) is 140 Å². The summed E-state index contributed by atoms with van der Waals surface area (Å²) in [6.45, 7) is 2.98. The third-order valence-electron chi connectivity index (χ3n) is 11.4. The molecular weight excluding hydrogens is 877 g/mol. The standard InChI is InChI=1S/C63H52N4O4/c1-2-68-56-36-28-51(29-37-56)60(47-18-8-3-9-19-47)64-44-69-57-38-30-52(31-39-57)61(48-20-10-4-11-21-48)65-45-70-58-40-32-53(33-41-58)62(49-22-12-5-13-23-49)66-46-71-59-42-34-54(35-43-59)63(50-24-14-6-15-25-50)67-55-26-16-7-17-27-55/h3-43H,2,44-46H2,1H3/b64-60-,65-61-,66-62-,67-63?. The van der Waals surface area contributed by atoms with E-state index in [0.29, 0.717) is 23.9 Å². The van der Waals surface area contributed by atoms with Gasteiger partial charge < -0.3 is 18.9 Å². The van der Waals surface area contributed by atoms with Crippen molar-refractivity contribution >= 4 is 28.5 Å². The van der Waals surface area contributed by atoms with E-state index in [9.17, 15) is 0 Å². The lowest BCUT2D eigenvalue weighted by Gasteiger charge is -2.12. The average Bonchev–Trinajstić information content (AvgIpc) is 3.44. The Hall–Kier alpha value is -9.14. The quantitative estimate of drug-likeness (QED) is 0.0713. The lowest BCUT2D eigenvalue weighted by molar-refractivity contribution is 0.331. The maximum absolute atomic E-state index is 6.23. The van der Waals surface area contributed by atoms with Crippen LogP contribution in [0.1, 0.15) is 51.4 Å². The van der Waals surface area contributed by atoms with Crippen molar-refractivity contribution in [1.29, 1.82) is 0 Å². The zero-order valence-corrected chi connectivity index (χ0v) is 39.4. The Balaban J connectivity index is 0.859. The van der Waals surface area contributed by atoms with Crippen LogP contribution in [0, 0.1) is 0 Å². The van der Waals surface area contributed by atoms with Crippen molar-refractivity contribution in [3.8, 4) is 23.0 Å². The highest BCUT2D eigenvalue weighted by Gasteiger charge is 2.13. The molecule has 0 aromatic heterocycles. The Morgan fingerprint density at radius 3 is 0.803 bits per heavy atom. The topological polar surface area (TPSA) is 86.4 Å². The summed E-state index contributed by atoms with van der Waals surface area (Å²) >= 11 is 0. The van der Waals surface area contributed by atoms with Crippen molar-refractivity contribution in [3.63, 3.8) is 0 Å². The summed E-state index contributed by atoms with van der Waals surface area (Å²) < 4.78 is 24.3. The number of hydrogen-bond acceptors (Lipinski definition) is 8. The summed E-state index contributed by atoms with van der Waals surface area (Å²) in [6, 6.07) is 82.3. The second-order valence-electron chi connectivity index (χ2n) is 16.1. The summed E-state index contributed by atoms with van der Waals surface area (Å²) in [6.07, 6.45) is 0. The molecule has 0 bridgehead atoms. The van der Waals surface area contributed by atoms with Gasteiger partial charge in [-0.2, -0.15) is 0 Å². The zero-order chi connectivity index (χ0) is 48.3. The van der Waals surface area contributed by atoms with Crippen molar-refractivity contribution in [2.45, 2.75) is 6.92 Å². The first-order valence-corrected chi connectivity index (χ1v) is 23.6. The van der Waals surface area contributed by atoms with Crippen LogP contribution in [0.25, 0.3) is 0 Å². The van der Waals surface area contributed by atoms with Gasteiger partial charge in [-0.15, -0.1) is 0 Å². The number of aliphatic imine (C=N–C) groups is 4. The molecule has 348 valence electrons. The lowest BCUT2D eigenvalue weighted by Crippen LogP contribution is -2.08. The van der Waals surface area contributed by atoms with Crippen molar-refractivity contribution < 1.29 is 18.9 Å². The first-order chi connectivity index (χ1) is 35.2. The minimum atomic E-state index is 0.113. The molecule has 0 heterocycles. The first-order valence-electron chi connectivity index (χ1n) is 23.6. The summed E-state index contributed by atoms with van der Waals surface area (Å²) in [5.74, 6) is 2.91. The molecule has 0 aliphatic heterocycles. The predicted molar refractivity (Wildman–Crippen MR) is 288 cm³/mol. The normalized spacial score (nSPS) is 12.0. The van der Waals surface area contributed by atoms with Gasteiger partial charge >= 0.3 is 0 Å². The number of hydrogen-bond donors (Lipinski definition) is 0.